The second kappa shape index (κ2) is 29.3. The highest BCUT2D eigenvalue weighted by Gasteiger charge is 2.21. The van der Waals surface area contributed by atoms with E-state index in [0.717, 1.165) is 78.4 Å². The molecule has 4 heterocycles. The molecular formula is C99H68N6. The van der Waals surface area contributed by atoms with Crippen LogP contribution in [0.5, 0.6) is 0 Å². The summed E-state index contributed by atoms with van der Waals surface area (Å²) in [6.45, 7) is 2.02. The van der Waals surface area contributed by atoms with E-state index >= 15 is 0 Å². The molecule has 0 aliphatic heterocycles. The van der Waals surface area contributed by atoms with Crippen LogP contribution < -0.4 is 0 Å². The molecule has 0 atom stereocenters. The van der Waals surface area contributed by atoms with Gasteiger partial charge in [0.2, 0.25) is 0 Å². The molecule has 0 unspecified atom stereocenters. The van der Waals surface area contributed by atoms with E-state index in [0.29, 0.717) is 11.6 Å². The van der Waals surface area contributed by atoms with Crippen LogP contribution in [0.4, 0.5) is 0 Å². The van der Waals surface area contributed by atoms with Gasteiger partial charge in [-0.15, -0.1) is 0 Å². The Morgan fingerprint density at radius 2 is 0.486 bits per heavy atom. The first-order valence-electron chi connectivity index (χ1n) is 35.4. The lowest BCUT2D eigenvalue weighted by Gasteiger charge is -2.18. The Hall–Kier alpha value is -13.9. The SMILES string of the molecule is Cc1cccnc1.c1ccc(-c2cc(-c3cccc(-c4cccnc4)c3)nc(-c3cccc(-c4c5ccccc5c(-c5ccc6ccccc6c5)c5ccccc45)c3)n2)cc1.c1ccc(-c2cc(-c3ccccc3)nc(-c3cccc(-c4c5ccccc5c(-c5ccccc5)c5ccccc45)c3)n2)cc1. The predicted molar refractivity (Wildman–Crippen MR) is 438 cm³/mol. The van der Waals surface area contributed by atoms with Gasteiger partial charge in [0.15, 0.2) is 11.6 Å². The van der Waals surface area contributed by atoms with Gasteiger partial charge in [0.25, 0.3) is 0 Å². The van der Waals surface area contributed by atoms with Gasteiger partial charge in [-0.1, -0.05) is 322 Å². The molecule has 0 spiro atoms. The van der Waals surface area contributed by atoms with Crippen LogP contribution in [0.3, 0.4) is 0 Å². The van der Waals surface area contributed by atoms with Gasteiger partial charge in [-0.2, -0.15) is 0 Å². The number of nitrogens with zero attached hydrogens (tertiary/aromatic N) is 6. The molecule has 6 nitrogen and oxygen atoms in total. The molecule has 0 saturated carbocycles. The molecule has 0 fully saturated rings. The van der Waals surface area contributed by atoms with Crippen molar-refractivity contribution in [3.05, 3.63) is 400 Å². The summed E-state index contributed by atoms with van der Waals surface area (Å²) in [4.78, 5) is 28.9. The van der Waals surface area contributed by atoms with Gasteiger partial charge in [-0.3, -0.25) is 9.97 Å². The zero-order valence-electron chi connectivity index (χ0n) is 57.7. The van der Waals surface area contributed by atoms with Crippen molar-refractivity contribution in [1.29, 1.82) is 0 Å². The number of aromatic nitrogens is 6. The van der Waals surface area contributed by atoms with Crippen molar-refractivity contribution in [3.63, 3.8) is 0 Å². The molecule has 4 aromatic heterocycles. The Labute approximate surface area is 610 Å². The summed E-state index contributed by atoms with van der Waals surface area (Å²) in [5, 5.41) is 12.3. The molecule has 0 N–H and O–H groups in total. The van der Waals surface area contributed by atoms with Crippen LogP contribution in [-0.2, 0) is 0 Å². The summed E-state index contributed by atoms with van der Waals surface area (Å²) in [7, 11) is 0. The maximum atomic E-state index is 5.25. The third kappa shape index (κ3) is 13.4. The Morgan fingerprint density at radius 1 is 0.181 bits per heavy atom. The standard InChI is InChI=1S/C51H33N3.C42H28N2.C6H7N/c1-2-14-35(15-3-1)47-32-48(38-18-10-17-37(29-38)42-21-12-28-52-33-42)54-51(53-47)41-20-11-19-39(31-41)49-43-22-6-8-24-45(43)50(46-25-9-7-23-44(46)49)40-27-26-34-13-4-5-16-36(34)30-40;1-4-15-29(16-5-1)38-28-39(30-17-6-2-7-18-30)44-42(43-38)33-22-14-21-32(27-33)41-36-25-12-10-23-34(36)40(31-19-8-3-9-20-31)35-24-11-13-26-37(35)41;1-6-3-2-4-7-5-6/h1-33H;1-28H;2-5H,1H3. The topological polar surface area (TPSA) is 77.3 Å². The van der Waals surface area contributed by atoms with E-state index in [-0.39, 0.29) is 0 Å². The molecule has 105 heavy (non-hydrogen) atoms. The fourth-order valence-electron chi connectivity index (χ4n) is 14.5. The minimum Gasteiger partial charge on any atom is -0.264 e. The number of benzene rings is 15. The van der Waals surface area contributed by atoms with E-state index in [2.05, 4.69) is 344 Å². The van der Waals surface area contributed by atoms with Crippen LogP contribution in [-0.4, -0.2) is 29.9 Å². The van der Waals surface area contributed by atoms with Crippen molar-refractivity contribution in [2.45, 2.75) is 6.92 Å². The van der Waals surface area contributed by atoms with Crippen LogP contribution in [0.2, 0.25) is 0 Å². The van der Waals surface area contributed by atoms with Gasteiger partial charge < -0.3 is 0 Å². The maximum Gasteiger partial charge on any atom is 0.160 e. The van der Waals surface area contributed by atoms with E-state index in [1.807, 2.05) is 55.7 Å². The van der Waals surface area contributed by atoms with Crippen molar-refractivity contribution in [1.82, 2.24) is 29.9 Å². The van der Waals surface area contributed by atoms with Crippen molar-refractivity contribution < 1.29 is 0 Å². The Bertz CT molecular complexity index is 6160. The first-order valence-corrected chi connectivity index (χ1v) is 35.4. The summed E-state index contributed by atoms with van der Waals surface area (Å²) in [6, 6.07) is 130. The zero-order chi connectivity index (χ0) is 70.3. The number of fused-ring (bicyclic) bond motifs is 5. The fourth-order valence-corrected chi connectivity index (χ4v) is 14.5. The number of aryl methyl sites for hydroxylation is 1. The summed E-state index contributed by atoms with van der Waals surface area (Å²) < 4.78 is 0. The summed E-state index contributed by atoms with van der Waals surface area (Å²) in [5.74, 6) is 1.39. The average Bonchev–Trinajstić information content (AvgIpc) is 0.739. The van der Waals surface area contributed by atoms with Crippen molar-refractivity contribution in [2.75, 3.05) is 0 Å². The number of rotatable bonds is 11. The monoisotopic (exact) mass is 1340 g/mol. The van der Waals surface area contributed by atoms with Crippen molar-refractivity contribution >= 4 is 53.9 Å². The molecule has 6 heteroatoms. The Kier molecular flexibility index (Phi) is 18.0. The van der Waals surface area contributed by atoms with Gasteiger partial charge in [-0.05, 0) is 165 Å². The molecular weight excluding hydrogens is 1270 g/mol. The second-order valence-corrected chi connectivity index (χ2v) is 26.1. The summed E-state index contributed by atoms with van der Waals surface area (Å²) in [6.07, 6.45) is 7.30. The van der Waals surface area contributed by atoms with Crippen LogP contribution in [0.1, 0.15) is 5.56 Å². The maximum absolute atomic E-state index is 5.25. The largest absolute Gasteiger partial charge is 0.264 e. The third-order valence-electron chi connectivity index (χ3n) is 19.4. The number of hydrogen-bond acceptors (Lipinski definition) is 6. The van der Waals surface area contributed by atoms with E-state index < -0.39 is 0 Å². The highest BCUT2D eigenvalue weighted by Crippen LogP contribution is 2.47. The summed E-state index contributed by atoms with van der Waals surface area (Å²) >= 11 is 0. The van der Waals surface area contributed by atoms with Gasteiger partial charge in [-0.25, -0.2) is 19.9 Å². The van der Waals surface area contributed by atoms with Gasteiger partial charge in [0.05, 0.1) is 22.8 Å². The quantitative estimate of drug-likeness (QED) is 0.120. The molecule has 15 aromatic carbocycles. The van der Waals surface area contributed by atoms with Crippen LogP contribution >= 0.6 is 0 Å². The lowest BCUT2D eigenvalue weighted by Crippen LogP contribution is -1.97. The second-order valence-electron chi connectivity index (χ2n) is 26.1. The van der Waals surface area contributed by atoms with Crippen molar-refractivity contribution in [3.8, 4) is 123 Å². The molecule has 19 rings (SSSR count). The van der Waals surface area contributed by atoms with Crippen molar-refractivity contribution in [2.24, 2.45) is 0 Å². The molecule has 0 radical (unpaired) electrons. The minimum absolute atomic E-state index is 0.682. The first-order chi connectivity index (χ1) is 52.0. The van der Waals surface area contributed by atoms with E-state index in [1.165, 1.54) is 92.8 Å². The fraction of sp³-hybridized carbons (Fsp3) is 0.0101. The minimum atomic E-state index is 0.682. The lowest BCUT2D eigenvalue weighted by atomic mass is 9.85. The highest BCUT2D eigenvalue weighted by atomic mass is 14.9. The summed E-state index contributed by atoms with van der Waals surface area (Å²) in [5.41, 5.74) is 22.7. The molecule has 0 aliphatic rings. The van der Waals surface area contributed by atoms with Crippen LogP contribution in [0.15, 0.2) is 395 Å². The predicted octanol–water partition coefficient (Wildman–Crippen LogP) is 25.8. The van der Waals surface area contributed by atoms with Gasteiger partial charge >= 0.3 is 0 Å². The lowest BCUT2D eigenvalue weighted by molar-refractivity contribution is 1.18. The number of pyridine rings is 2. The van der Waals surface area contributed by atoms with E-state index in [4.69, 9.17) is 19.9 Å². The molecule has 494 valence electrons. The van der Waals surface area contributed by atoms with Crippen LogP contribution in [0.25, 0.3) is 177 Å². The highest BCUT2D eigenvalue weighted by molar-refractivity contribution is 6.23. The third-order valence-corrected chi connectivity index (χ3v) is 19.4. The Morgan fingerprint density at radius 3 is 0.876 bits per heavy atom. The molecule has 0 bridgehead atoms. The number of hydrogen-bond donors (Lipinski definition) is 0. The molecule has 0 aliphatic carbocycles. The average molecular weight is 1340 g/mol. The molecule has 19 aromatic rings. The Balaban J connectivity index is 0.000000144. The molecule has 0 saturated heterocycles. The normalized spacial score (nSPS) is 11.1. The van der Waals surface area contributed by atoms with E-state index in [1.54, 1.807) is 12.4 Å². The van der Waals surface area contributed by atoms with Gasteiger partial charge in [0, 0.05) is 63.7 Å². The smallest absolute Gasteiger partial charge is 0.160 e. The zero-order valence-corrected chi connectivity index (χ0v) is 57.7. The first kappa shape index (κ1) is 64.4. The molecule has 0 amide bonds. The van der Waals surface area contributed by atoms with Crippen LogP contribution in [0, 0.1) is 6.92 Å². The van der Waals surface area contributed by atoms with E-state index in [9.17, 15) is 0 Å². The van der Waals surface area contributed by atoms with Gasteiger partial charge in [0.1, 0.15) is 0 Å².